The molecule has 20 heavy (non-hydrogen) atoms. The molecule has 0 spiro atoms. The largest absolute Gasteiger partial charge is 0.369 e. The lowest BCUT2D eigenvalue weighted by molar-refractivity contribution is 0.763. The number of nitrogens with zero attached hydrogens (tertiary/aromatic N) is 3. The topological polar surface area (TPSA) is 54.5 Å². The van der Waals surface area contributed by atoms with E-state index >= 15 is 0 Å². The second kappa shape index (κ2) is 5.42. The molecule has 0 amide bonds. The molecule has 3 rings (SSSR count). The molecule has 1 atom stereocenters. The lowest BCUT2D eigenvalue weighted by Gasteiger charge is -2.26. The Morgan fingerprint density at radius 2 is 2.00 bits per heavy atom. The molecule has 4 nitrogen and oxygen atoms in total. The zero-order valence-electron chi connectivity index (χ0n) is 10.5. The van der Waals surface area contributed by atoms with Gasteiger partial charge in [0.05, 0.1) is 12.6 Å². The molecule has 0 radical (unpaired) electrons. The van der Waals surface area contributed by atoms with Gasteiger partial charge in [0.1, 0.15) is 0 Å². The molecule has 0 aliphatic carbocycles. The number of halogens is 2. The first-order valence-corrected chi connectivity index (χ1v) is 7.27. The molecule has 102 valence electrons. The molecule has 1 aromatic carbocycles. The van der Waals surface area contributed by atoms with Gasteiger partial charge in [-0.25, -0.2) is 0 Å². The number of hydrogen-bond donors (Lipinski definition) is 1. The van der Waals surface area contributed by atoms with Gasteiger partial charge in [0.15, 0.2) is 5.96 Å². The maximum Gasteiger partial charge on any atom is 0.196 e. The van der Waals surface area contributed by atoms with Crippen molar-refractivity contribution < 1.29 is 0 Å². The number of benzene rings is 1. The predicted octanol–water partition coefficient (Wildman–Crippen LogP) is 3.37. The average molecular weight is 352 g/mol. The second-order valence-corrected chi connectivity index (χ2v) is 5.85. The van der Waals surface area contributed by atoms with E-state index < -0.39 is 0 Å². The Bertz CT molecular complexity index is 656. The highest BCUT2D eigenvalue weighted by Crippen LogP contribution is 2.32. The third-order valence-corrected chi connectivity index (χ3v) is 3.89. The monoisotopic (exact) mass is 350 g/mol. The fraction of sp³-hybridized carbons (Fsp3) is 0.143. The fourth-order valence-electron chi connectivity index (χ4n) is 2.28. The summed E-state index contributed by atoms with van der Waals surface area (Å²) in [5, 5.41) is 0.698. The second-order valence-electron chi connectivity index (χ2n) is 4.50. The first-order valence-electron chi connectivity index (χ1n) is 6.10. The molecule has 2 N–H and O–H groups in total. The molecule has 0 saturated heterocycles. The van der Waals surface area contributed by atoms with Gasteiger partial charge >= 0.3 is 0 Å². The van der Waals surface area contributed by atoms with Crippen molar-refractivity contribution in [3.05, 3.63) is 57.8 Å². The van der Waals surface area contributed by atoms with Crippen LogP contribution in [0.1, 0.15) is 11.6 Å². The lowest BCUT2D eigenvalue weighted by Crippen LogP contribution is -2.36. The van der Waals surface area contributed by atoms with E-state index in [1.54, 1.807) is 6.20 Å². The summed E-state index contributed by atoms with van der Waals surface area (Å²) in [6.45, 7) is 0.618. The summed E-state index contributed by atoms with van der Waals surface area (Å²) in [7, 11) is 0. The van der Waals surface area contributed by atoms with Gasteiger partial charge in [-0.3, -0.25) is 9.98 Å². The Hall–Kier alpha value is -1.59. The van der Waals surface area contributed by atoms with Crippen molar-refractivity contribution >= 4 is 39.2 Å². The zero-order valence-corrected chi connectivity index (χ0v) is 12.8. The summed E-state index contributed by atoms with van der Waals surface area (Å²) in [4.78, 5) is 10.6. The van der Waals surface area contributed by atoms with Crippen LogP contribution in [0.4, 0.5) is 5.69 Å². The Morgan fingerprint density at radius 3 is 2.70 bits per heavy atom. The maximum atomic E-state index is 6.03. The maximum absolute atomic E-state index is 6.03. The van der Waals surface area contributed by atoms with Crippen molar-refractivity contribution in [1.82, 2.24) is 4.98 Å². The van der Waals surface area contributed by atoms with Crippen molar-refractivity contribution in [2.24, 2.45) is 10.7 Å². The van der Waals surface area contributed by atoms with Gasteiger partial charge in [-0.15, -0.1) is 0 Å². The highest BCUT2D eigenvalue weighted by Gasteiger charge is 2.29. The summed E-state index contributed by atoms with van der Waals surface area (Å²) >= 11 is 9.38. The number of aromatic nitrogens is 1. The minimum Gasteiger partial charge on any atom is -0.369 e. The first kappa shape index (κ1) is 13.4. The average Bonchev–Trinajstić information content (AvgIpc) is 2.82. The summed E-state index contributed by atoms with van der Waals surface area (Å²) in [6.07, 6.45) is 3.60. The van der Waals surface area contributed by atoms with Crippen molar-refractivity contribution in [2.75, 3.05) is 11.4 Å². The summed E-state index contributed by atoms with van der Waals surface area (Å²) in [5.41, 5.74) is 8.06. The van der Waals surface area contributed by atoms with Crippen LogP contribution in [0.5, 0.6) is 0 Å². The van der Waals surface area contributed by atoms with E-state index in [1.165, 1.54) is 0 Å². The molecule has 0 saturated carbocycles. The van der Waals surface area contributed by atoms with Crippen LogP contribution in [-0.4, -0.2) is 17.5 Å². The molecular weight excluding hydrogens is 340 g/mol. The van der Waals surface area contributed by atoms with E-state index in [4.69, 9.17) is 17.3 Å². The fourth-order valence-corrected chi connectivity index (χ4v) is 2.78. The van der Waals surface area contributed by atoms with Crippen LogP contribution in [0.2, 0.25) is 5.02 Å². The van der Waals surface area contributed by atoms with Gasteiger partial charge in [-0.1, -0.05) is 11.6 Å². The number of anilines is 1. The van der Waals surface area contributed by atoms with Crippen molar-refractivity contribution in [2.45, 2.75) is 6.04 Å². The van der Waals surface area contributed by atoms with Crippen LogP contribution in [0.3, 0.4) is 0 Å². The Balaban J connectivity index is 1.98. The van der Waals surface area contributed by atoms with Crippen LogP contribution in [-0.2, 0) is 0 Å². The van der Waals surface area contributed by atoms with Gasteiger partial charge in [0.25, 0.3) is 0 Å². The molecule has 6 heteroatoms. The van der Waals surface area contributed by atoms with Crippen LogP contribution >= 0.6 is 27.5 Å². The predicted molar refractivity (Wildman–Crippen MR) is 85.1 cm³/mol. The van der Waals surface area contributed by atoms with Gasteiger partial charge in [-0.05, 0) is 51.8 Å². The third kappa shape index (κ3) is 2.51. The molecule has 0 bridgehead atoms. The standard InChI is InChI=1S/C14H12BrClN4/c15-10-5-9(6-18-7-10)13-8-19-14(17)20(13)12-3-1-11(16)2-4-12/h1-7,13H,8H2,(H2,17,19). The van der Waals surface area contributed by atoms with E-state index in [-0.39, 0.29) is 6.04 Å². The molecule has 2 aromatic rings. The third-order valence-electron chi connectivity index (χ3n) is 3.20. The molecule has 1 aromatic heterocycles. The molecule has 0 fully saturated rings. The van der Waals surface area contributed by atoms with Gasteiger partial charge in [-0.2, -0.15) is 0 Å². The number of rotatable bonds is 2. The highest BCUT2D eigenvalue weighted by molar-refractivity contribution is 9.10. The van der Waals surface area contributed by atoms with E-state index in [1.807, 2.05) is 41.4 Å². The number of pyridine rings is 1. The molecule has 1 unspecified atom stereocenters. The Morgan fingerprint density at radius 1 is 1.25 bits per heavy atom. The summed E-state index contributed by atoms with van der Waals surface area (Å²) < 4.78 is 0.941. The van der Waals surface area contributed by atoms with E-state index in [2.05, 4.69) is 25.9 Å². The molecule has 1 aliphatic rings. The van der Waals surface area contributed by atoms with Crippen LogP contribution < -0.4 is 10.6 Å². The van der Waals surface area contributed by atoms with Gasteiger partial charge < -0.3 is 10.6 Å². The quantitative estimate of drug-likeness (QED) is 0.902. The van der Waals surface area contributed by atoms with Crippen LogP contribution in [0, 0.1) is 0 Å². The van der Waals surface area contributed by atoms with Crippen molar-refractivity contribution in [3.63, 3.8) is 0 Å². The molecular formula is C14H12BrClN4. The Labute approximate surface area is 130 Å². The Kier molecular flexibility index (Phi) is 3.63. The highest BCUT2D eigenvalue weighted by atomic mass is 79.9. The number of guanidine groups is 1. The SMILES string of the molecule is NC1=NCC(c2cncc(Br)c2)N1c1ccc(Cl)cc1. The molecule has 2 heterocycles. The zero-order chi connectivity index (χ0) is 14.1. The number of nitrogens with two attached hydrogens (primary N) is 1. The first-order chi connectivity index (χ1) is 9.65. The molecule has 1 aliphatic heterocycles. The minimum absolute atomic E-state index is 0.0566. The van der Waals surface area contributed by atoms with E-state index in [0.717, 1.165) is 15.7 Å². The smallest absolute Gasteiger partial charge is 0.196 e. The van der Waals surface area contributed by atoms with E-state index in [0.29, 0.717) is 17.5 Å². The van der Waals surface area contributed by atoms with E-state index in [9.17, 15) is 0 Å². The minimum atomic E-state index is 0.0566. The lowest BCUT2D eigenvalue weighted by atomic mass is 10.1. The van der Waals surface area contributed by atoms with Gasteiger partial charge in [0.2, 0.25) is 0 Å². The number of aliphatic imine (C=N–C) groups is 1. The number of hydrogen-bond acceptors (Lipinski definition) is 4. The normalized spacial score (nSPS) is 18.2. The van der Waals surface area contributed by atoms with Crippen LogP contribution in [0.25, 0.3) is 0 Å². The van der Waals surface area contributed by atoms with Crippen molar-refractivity contribution in [3.8, 4) is 0 Å². The van der Waals surface area contributed by atoms with Crippen LogP contribution in [0.15, 0.2) is 52.2 Å². The summed E-state index contributed by atoms with van der Waals surface area (Å²) in [5.74, 6) is 0.511. The van der Waals surface area contributed by atoms with Crippen molar-refractivity contribution in [1.29, 1.82) is 0 Å². The van der Waals surface area contributed by atoms with Gasteiger partial charge in [0, 0.05) is 27.6 Å². The summed E-state index contributed by atoms with van der Waals surface area (Å²) in [6, 6.07) is 9.66.